The average Bonchev–Trinajstić information content (AvgIpc) is 3.59. The van der Waals surface area contributed by atoms with Gasteiger partial charge in [-0.15, -0.1) is 0 Å². The minimum absolute atomic E-state index is 0.265. The Balaban J connectivity index is 1.33. The van der Waals surface area contributed by atoms with E-state index in [1.54, 1.807) is 5.57 Å². The Labute approximate surface area is 163 Å². The van der Waals surface area contributed by atoms with Gasteiger partial charge in [0.1, 0.15) is 0 Å². The third-order valence-corrected chi connectivity index (χ3v) is 11.1. The van der Waals surface area contributed by atoms with E-state index in [-0.39, 0.29) is 5.60 Å². The highest BCUT2D eigenvalue weighted by Gasteiger charge is 2.79. The molecular weight excluding hydrogens is 332 g/mol. The van der Waals surface area contributed by atoms with Gasteiger partial charge in [0.15, 0.2) is 5.78 Å². The van der Waals surface area contributed by atoms with E-state index in [1.807, 2.05) is 0 Å². The first-order chi connectivity index (χ1) is 13.1. The lowest BCUT2D eigenvalue weighted by atomic mass is 9.47. The van der Waals surface area contributed by atoms with Gasteiger partial charge in [-0.3, -0.25) is 4.79 Å². The Hall–Kier alpha value is -0.630. The summed E-state index contributed by atoms with van der Waals surface area (Å²) in [6.45, 7) is 5.67. The van der Waals surface area contributed by atoms with Crippen molar-refractivity contribution in [3.8, 4) is 0 Å². The lowest BCUT2D eigenvalue weighted by molar-refractivity contribution is -0.161. The summed E-state index contributed by atoms with van der Waals surface area (Å²) in [6, 6.07) is 0. The molecule has 27 heavy (non-hydrogen) atoms. The van der Waals surface area contributed by atoms with E-state index in [9.17, 15) is 4.79 Å². The topological polar surface area (TPSA) is 26.3 Å². The van der Waals surface area contributed by atoms with Crippen molar-refractivity contribution in [1.82, 2.24) is 0 Å². The van der Waals surface area contributed by atoms with Crippen LogP contribution in [0.1, 0.15) is 71.6 Å². The minimum Gasteiger partial charge on any atom is -0.374 e. The van der Waals surface area contributed by atoms with Crippen LogP contribution >= 0.6 is 0 Å². The predicted octanol–water partition coefficient (Wildman–Crippen LogP) is 5.17. The Morgan fingerprint density at radius 1 is 1.07 bits per heavy atom. The van der Waals surface area contributed by atoms with Crippen LogP contribution in [0.5, 0.6) is 0 Å². The predicted molar refractivity (Wildman–Crippen MR) is 104 cm³/mol. The number of ketones is 1. The van der Waals surface area contributed by atoms with Gasteiger partial charge < -0.3 is 4.74 Å². The molecular formula is C25H34O2. The largest absolute Gasteiger partial charge is 0.374 e. The van der Waals surface area contributed by atoms with Crippen molar-refractivity contribution in [1.29, 1.82) is 0 Å². The maximum Gasteiger partial charge on any atom is 0.158 e. The molecule has 3 unspecified atom stereocenters. The summed E-state index contributed by atoms with van der Waals surface area (Å²) in [7, 11) is 0. The van der Waals surface area contributed by atoms with E-state index in [0.29, 0.717) is 11.2 Å². The standard InChI is InChI=1S/C25H34O2/c1-3-24-9-7-15-14-5-6-20(26)13(2)21(14)16-11-17(16)22(15)23(24)18-12-19(18)25(24)8-4-10-27-25/h14-19,22-23H,3-12H2,1-2H3/t14-,15?,16+,17-,18-,19+,22?,23?,24+,25+/m1/s1. The Morgan fingerprint density at radius 3 is 2.74 bits per heavy atom. The Bertz CT molecular complexity index is 758. The fourth-order valence-electron chi connectivity index (χ4n) is 10.3. The molecule has 2 nitrogen and oxygen atoms in total. The molecule has 7 aliphatic rings. The van der Waals surface area contributed by atoms with Crippen LogP contribution < -0.4 is 0 Å². The van der Waals surface area contributed by atoms with Crippen LogP contribution in [-0.2, 0) is 9.53 Å². The van der Waals surface area contributed by atoms with Crippen molar-refractivity contribution < 1.29 is 9.53 Å². The molecule has 0 amide bonds. The number of hydrogen-bond acceptors (Lipinski definition) is 2. The molecule has 0 radical (unpaired) electrons. The first kappa shape index (κ1) is 16.2. The lowest BCUT2D eigenvalue weighted by Gasteiger charge is -2.59. The maximum atomic E-state index is 12.4. The molecule has 0 aromatic rings. The second kappa shape index (κ2) is 4.91. The van der Waals surface area contributed by atoms with Gasteiger partial charge in [-0.2, -0.15) is 0 Å². The number of hydrogen-bond donors (Lipinski definition) is 0. The number of allylic oxidation sites excluding steroid dienone is 1. The van der Waals surface area contributed by atoms with E-state index in [0.717, 1.165) is 66.8 Å². The van der Waals surface area contributed by atoms with Crippen LogP contribution in [0, 0.1) is 52.8 Å². The van der Waals surface area contributed by atoms with Gasteiger partial charge in [-0.05, 0) is 111 Å². The summed E-state index contributed by atoms with van der Waals surface area (Å²) in [5, 5.41) is 0. The molecule has 1 aliphatic heterocycles. The molecule has 0 aromatic carbocycles. The average molecular weight is 367 g/mol. The van der Waals surface area contributed by atoms with Gasteiger partial charge in [0.25, 0.3) is 0 Å². The Kier molecular flexibility index (Phi) is 2.95. The molecule has 7 rings (SSSR count). The Morgan fingerprint density at radius 2 is 1.96 bits per heavy atom. The molecule has 2 heteroatoms. The van der Waals surface area contributed by atoms with E-state index in [2.05, 4.69) is 13.8 Å². The van der Waals surface area contributed by atoms with Gasteiger partial charge in [-0.25, -0.2) is 0 Å². The van der Waals surface area contributed by atoms with Gasteiger partial charge in [0.2, 0.25) is 0 Å². The van der Waals surface area contributed by atoms with Crippen LogP contribution in [0.15, 0.2) is 11.1 Å². The van der Waals surface area contributed by atoms with Gasteiger partial charge in [0, 0.05) is 18.4 Å². The second-order valence-corrected chi connectivity index (χ2v) is 11.3. The number of carbonyl (C=O) groups excluding carboxylic acids is 1. The molecule has 6 aliphatic carbocycles. The van der Waals surface area contributed by atoms with Crippen molar-refractivity contribution >= 4 is 5.78 Å². The molecule has 1 heterocycles. The zero-order chi connectivity index (χ0) is 18.1. The number of ether oxygens (including phenoxy) is 1. The highest BCUT2D eigenvalue weighted by Crippen LogP contribution is 2.81. The third-order valence-electron chi connectivity index (χ3n) is 11.1. The van der Waals surface area contributed by atoms with Crippen LogP contribution in [0.25, 0.3) is 0 Å². The van der Waals surface area contributed by atoms with Gasteiger partial charge in [0.05, 0.1) is 5.60 Å². The molecule has 5 saturated carbocycles. The summed E-state index contributed by atoms with van der Waals surface area (Å²) in [5.74, 6) is 7.57. The zero-order valence-electron chi connectivity index (χ0n) is 17.0. The normalized spacial score (nSPS) is 59.9. The highest BCUT2D eigenvalue weighted by molar-refractivity contribution is 5.96. The first-order valence-electron chi connectivity index (χ1n) is 12.0. The summed E-state index contributed by atoms with van der Waals surface area (Å²) >= 11 is 0. The molecule has 1 saturated heterocycles. The zero-order valence-corrected chi connectivity index (χ0v) is 17.0. The van der Waals surface area contributed by atoms with Crippen LogP contribution in [-0.4, -0.2) is 18.0 Å². The molecule has 0 aromatic heterocycles. The van der Waals surface area contributed by atoms with Crippen molar-refractivity contribution in [2.75, 3.05) is 6.61 Å². The SMILES string of the molecule is CC[C@]12CCC3C(C1[C@@H]1C[C@@H]1[C@@]21CCCO1)[C@@H]1C[C@@H]1C1=C(C)C(=O)CC[C@@H]13. The van der Waals surface area contributed by atoms with E-state index in [1.165, 1.54) is 50.5 Å². The summed E-state index contributed by atoms with van der Waals surface area (Å²) in [6.07, 6.45) is 11.7. The van der Waals surface area contributed by atoms with Crippen molar-refractivity contribution in [2.45, 2.75) is 77.2 Å². The number of carbonyl (C=O) groups is 1. The van der Waals surface area contributed by atoms with Crippen molar-refractivity contribution in [2.24, 2.45) is 52.8 Å². The van der Waals surface area contributed by atoms with Gasteiger partial charge >= 0.3 is 0 Å². The second-order valence-electron chi connectivity index (χ2n) is 11.3. The highest BCUT2D eigenvalue weighted by atomic mass is 16.5. The van der Waals surface area contributed by atoms with Gasteiger partial charge in [-0.1, -0.05) is 12.5 Å². The fourth-order valence-corrected chi connectivity index (χ4v) is 10.3. The molecule has 6 fully saturated rings. The summed E-state index contributed by atoms with van der Waals surface area (Å²) < 4.78 is 6.73. The molecule has 0 N–H and O–H groups in total. The third kappa shape index (κ3) is 1.66. The smallest absolute Gasteiger partial charge is 0.158 e. The molecule has 0 bridgehead atoms. The lowest BCUT2D eigenvalue weighted by Crippen LogP contribution is -2.56. The number of fused-ring (bicyclic) bond motifs is 12. The molecule has 146 valence electrons. The molecule has 1 spiro atoms. The molecule has 10 atom stereocenters. The maximum absolute atomic E-state index is 12.4. The van der Waals surface area contributed by atoms with E-state index < -0.39 is 0 Å². The summed E-state index contributed by atoms with van der Waals surface area (Å²) in [4.78, 5) is 12.4. The first-order valence-corrected chi connectivity index (χ1v) is 12.0. The van der Waals surface area contributed by atoms with Crippen LogP contribution in [0.3, 0.4) is 0 Å². The fraction of sp³-hybridized carbons (Fsp3) is 0.880. The van der Waals surface area contributed by atoms with Crippen LogP contribution in [0.4, 0.5) is 0 Å². The summed E-state index contributed by atoms with van der Waals surface area (Å²) in [5.41, 5.74) is 3.60. The minimum atomic E-state index is 0.265. The van der Waals surface area contributed by atoms with Crippen molar-refractivity contribution in [3.63, 3.8) is 0 Å². The number of Topliss-reactive ketones (excluding diaryl/α,β-unsaturated/α-hetero) is 1. The van der Waals surface area contributed by atoms with E-state index in [4.69, 9.17) is 4.74 Å². The monoisotopic (exact) mass is 366 g/mol. The van der Waals surface area contributed by atoms with E-state index >= 15 is 0 Å². The van der Waals surface area contributed by atoms with Crippen LogP contribution in [0.2, 0.25) is 0 Å². The van der Waals surface area contributed by atoms with Crippen molar-refractivity contribution in [3.05, 3.63) is 11.1 Å². The quantitative estimate of drug-likeness (QED) is 0.640. The number of rotatable bonds is 1.